The predicted molar refractivity (Wildman–Crippen MR) is 124 cm³/mol. The van der Waals surface area contributed by atoms with Gasteiger partial charge in [0, 0.05) is 19.2 Å². The molecule has 2 aromatic carbocycles. The van der Waals surface area contributed by atoms with Gasteiger partial charge in [-0.05, 0) is 48.2 Å². The molecule has 0 N–H and O–H groups in total. The number of likely N-dealkylation sites (N-methyl/N-ethyl adjacent to an activating group) is 1. The number of furan rings is 1. The van der Waals surface area contributed by atoms with Crippen LogP contribution in [0.3, 0.4) is 0 Å². The van der Waals surface area contributed by atoms with E-state index in [1.165, 1.54) is 18.1 Å². The molecule has 0 saturated carbocycles. The number of para-hydroxylation sites is 1. The van der Waals surface area contributed by atoms with Crippen molar-refractivity contribution in [1.82, 2.24) is 4.90 Å². The average Bonchev–Trinajstić information content (AvgIpc) is 3.39. The van der Waals surface area contributed by atoms with Gasteiger partial charge in [0.1, 0.15) is 11.5 Å². The Bertz CT molecular complexity index is 1330. The van der Waals surface area contributed by atoms with Gasteiger partial charge in [0.05, 0.1) is 33.8 Å². The molecule has 3 aromatic rings. The highest BCUT2D eigenvalue weighted by atomic mass is 32.2. The number of thioether (sulfide) groups is 1. The molecular weight excluding hydrogens is 446 g/mol. The molecule has 2 heterocycles. The Morgan fingerprint density at radius 3 is 2.73 bits per heavy atom. The summed E-state index contributed by atoms with van der Waals surface area (Å²) in [6.07, 6.45) is 1.56. The van der Waals surface area contributed by atoms with Gasteiger partial charge in [-0.15, -0.1) is 0 Å². The summed E-state index contributed by atoms with van der Waals surface area (Å²) >= 11 is 1.15. The second kappa shape index (κ2) is 9.13. The van der Waals surface area contributed by atoms with Crippen LogP contribution in [0.2, 0.25) is 0 Å². The number of hydrogen-bond acceptors (Lipinski definition) is 8. The van der Waals surface area contributed by atoms with Crippen molar-refractivity contribution >= 4 is 46.3 Å². The first-order valence-corrected chi connectivity index (χ1v) is 10.5. The van der Waals surface area contributed by atoms with Gasteiger partial charge in [0.25, 0.3) is 11.6 Å². The lowest BCUT2D eigenvalue weighted by molar-refractivity contribution is -0.384. The Labute approximate surface area is 192 Å². The van der Waals surface area contributed by atoms with Gasteiger partial charge in [-0.3, -0.25) is 19.8 Å². The SMILES string of the molecule is COC(=O)c1cccc(N=C2SC(=Cc3ccc(-c4ccccc4[N+](=O)[O-])o3)C(=O)N2C)c1. The quantitative estimate of drug-likeness (QED) is 0.229. The third kappa shape index (κ3) is 4.55. The van der Waals surface area contributed by atoms with Crippen molar-refractivity contribution in [3.63, 3.8) is 0 Å². The smallest absolute Gasteiger partial charge is 0.337 e. The van der Waals surface area contributed by atoms with E-state index < -0.39 is 10.9 Å². The first kappa shape index (κ1) is 22.0. The number of amidine groups is 1. The summed E-state index contributed by atoms with van der Waals surface area (Å²) in [7, 11) is 2.90. The van der Waals surface area contributed by atoms with Crippen molar-refractivity contribution in [2.75, 3.05) is 14.2 Å². The van der Waals surface area contributed by atoms with Gasteiger partial charge in [-0.1, -0.05) is 18.2 Å². The van der Waals surface area contributed by atoms with Crippen molar-refractivity contribution in [2.24, 2.45) is 4.99 Å². The minimum absolute atomic E-state index is 0.0688. The minimum Gasteiger partial charge on any atom is -0.465 e. The van der Waals surface area contributed by atoms with Crippen LogP contribution in [0.1, 0.15) is 16.1 Å². The molecule has 0 spiro atoms. The second-order valence-electron chi connectivity index (χ2n) is 6.89. The van der Waals surface area contributed by atoms with E-state index in [4.69, 9.17) is 9.15 Å². The van der Waals surface area contributed by atoms with E-state index in [-0.39, 0.29) is 11.6 Å². The molecule has 0 aliphatic carbocycles. The monoisotopic (exact) mass is 463 g/mol. The lowest BCUT2D eigenvalue weighted by Gasteiger charge is -2.07. The number of benzene rings is 2. The summed E-state index contributed by atoms with van der Waals surface area (Å²) in [5, 5.41) is 11.7. The molecule has 1 saturated heterocycles. The van der Waals surface area contributed by atoms with Gasteiger partial charge in [0.2, 0.25) is 0 Å². The summed E-state index contributed by atoms with van der Waals surface area (Å²) in [5.41, 5.74) is 1.13. The maximum atomic E-state index is 12.7. The van der Waals surface area contributed by atoms with E-state index in [2.05, 4.69) is 4.99 Å². The number of esters is 1. The molecule has 166 valence electrons. The zero-order valence-electron chi connectivity index (χ0n) is 17.6. The Hall–Kier alpha value is -4.18. The number of rotatable bonds is 5. The van der Waals surface area contributed by atoms with Crippen LogP contribution in [0.15, 0.2) is 75.0 Å². The number of carbonyl (C=O) groups is 2. The fraction of sp³-hybridized carbons (Fsp3) is 0.0870. The van der Waals surface area contributed by atoms with Crippen LogP contribution in [0.5, 0.6) is 0 Å². The minimum atomic E-state index is -0.478. The molecule has 1 aromatic heterocycles. The standard InChI is InChI=1S/C23H17N3O6S/c1-25-21(27)20(33-23(25)24-15-7-5-6-14(12-15)22(28)31-2)13-16-10-11-19(32-16)17-8-3-4-9-18(17)26(29)30/h3-13H,1-2H3. The Kier molecular flexibility index (Phi) is 6.09. The normalized spacial score (nSPS) is 15.9. The van der Waals surface area contributed by atoms with E-state index in [0.29, 0.717) is 38.4 Å². The highest BCUT2D eigenvalue weighted by Crippen LogP contribution is 2.35. The van der Waals surface area contributed by atoms with Crippen molar-refractivity contribution in [3.8, 4) is 11.3 Å². The molecular formula is C23H17N3O6S. The molecule has 0 atom stereocenters. The van der Waals surface area contributed by atoms with Gasteiger partial charge in [-0.2, -0.15) is 0 Å². The highest BCUT2D eigenvalue weighted by molar-refractivity contribution is 8.18. The number of aliphatic imine (C=N–C) groups is 1. The molecule has 4 rings (SSSR count). The summed E-state index contributed by atoms with van der Waals surface area (Å²) in [6.45, 7) is 0. The number of nitro benzene ring substituents is 1. The number of methoxy groups -OCH3 is 1. The van der Waals surface area contributed by atoms with E-state index in [9.17, 15) is 19.7 Å². The first-order valence-electron chi connectivity index (χ1n) is 9.65. The second-order valence-corrected chi connectivity index (χ2v) is 7.90. The number of hydrogen-bond donors (Lipinski definition) is 0. The van der Waals surface area contributed by atoms with Crippen LogP contribution < -0.4 is 0 Å². The van der Waals surface area contributed by atoms with Crippen molar-refractivity contribution in [2.45, 2.75) is 0 Å². The van der Waals surface area contributed by atoms with E-state index in [1.54, 1.807) is 67.7 Å². The molecule has 1 amide bonds. The summed E-state index contributed by atoms with van der Waals surface area (Å²) < 4.78 is 10.5. The van der Waals surface area contributed by atoms with Gasteiger partial charge < -0.3 is 9.15 Å². The van der Waals surface area contributed by atoms with Crippen LogP contribution in [-0.4, -0.2) is 41.0 Å². The molecule has 0 unspecified atom stereocenters. The number of nitro groups is 1. The van der Waals surface area contributed by atoms with Crippen molar-refractivity contribution in [1.29, 1.82) is 0 Å². The van der Waals surface area contributed by atoms with Crippen LogP contribution in [0, 0.1) is 10.1 Å². The molecule has 1 aliphatic rings. The topological polar surface area (TPSA) is 115 Å². The van der Waals surface area contributed by atoms with Crippen LogP contribution >= 0.6 is 11.8 Å². The third-order valence-corrected chi connectivity index (χ3v) is 5.82. The van der Waals surface area contributed by atoms with Crippen molar-refractivity contribution < 1.29 is 23.7 Å². The fourth-order valence-electron chi connectivity index (χ4n) is 3.13. The molecule has 0 radical (unpaired) electrons. The van der Waals surface area contributed by atoms with Crippen molar-refractivity contribution in [3.05, 3.63) is 87.0 Å². The van der Waals surface area contributed by atoms with Crippen LogP contribution in [0.4, 0.5) is 11.4 Å². The number of carbonyl (C=O) groups excluding carboxylic acids is 2. The molecule has 1 fully saturated rings. The molecule has 10 heteroatoms. The lowest BCUT2D eigenvalue weighted by atomic mass is 10.1. The van der Waals surface area contributed by atoms with E-state index in [0.717, 1.165) is 11.8 Å². The Morgan fingerprint density at radius 2 is 1.97 bits per heavy atom. The number of amides is 1. The van der Waals surface area contributed by atoms with Crippen LogP contribution in [0.25, 0.3) is 17.4 Å². The summed E-state index contributed by atoms with van der Waals surface area (Å²) in [4.78, 5) is 41.5. The fourth-order valence-corrected chi connectivity index (χ4v) is 4.09. The number of nitrogens with zero attached hydrogens (tertiary/aromatic N) is 3. The maximum absolute atomic E-state index is 12.7. The van der Waals surface area contributed by atoms with Gasteiger partial charge >= 0.3 is 5.97 Å². The Balaban J connectivity index is 1.60. The summed E-state index contributed by atoms with van der Waals surface area (Å²) in [5.74, 6) is -0.0484. The average molecular weight is 463 g/mol. The lowest BCUT2D eigenvalue weighted by Crippen LogP contribution is -2.23. The van der Waals surface area contributed by atoms with E-state index >= 15 is 0 Å². The highest BCUT2D eigenvalue weighted by Gasteiger charge is 2.31. The maximum Gasteiger partial charge on any atom is 0.337 e. The molecule has 0 bridgehead atoms. The van der Waals surface area contributed by atoms with E-state index in [1.807, 2.05) is 0 Å². The first-order chi connectivity index (χ1) is 15.9. The summed E-state index contributed by atoms with van der Waals surface area (Å²) in [6, 6.07) is 16.1. The Morgan fingerprint density at radius 1 is 1.18 bits per heavy atom. The third-order valence-electron chi connectivity index (χ3n) is 4.76. The zero-order valence-corrected chi connectivity index (χ0v) is 18.4. The van der Waals surface area contributed by atoms with Gasteiger partial charge in [-0.25, -0.2) is 9.79 Å². The molecule has 33 heavy (non-hydrogen) atoms. The predicted octanol–water partition coefficient (Wildman–Crippen LogP) is 4.88. The largest absolute Gasteiger partial charge is 0.465 e. The zero-order chi connectivity index (χ0) is 23.5. The molecule has 9 nitrogen and oxygen atoms in total. The van der Waals surface area contributed by atoms with Gasteiger partial charge in [0.15, 0.2) is 5.17 Å². The number of ether oxygens (including phenoxy) is 1. The molecule has 1 aliphatic heterocycles. The van der Waals surface area contributed by atoms with Crippen LogP contribution in [-0.2, 0) is 9.53 Å².